The third-order valence-electron chi connectivity index (χ3n) is 2.27. The third kappa shape index (κ3) is 5.54. The van der Waals surface area contributed by atoms with E-state index in [9.17, 15) is 4.79 Å². The maximum Gasteiger partial charge on any atom is 0.220 e. The highest BCUT2D eigenvalue weighted by molar-refractivity contribution is 5.76. The summed E-state index contributed by atoms with van der Waals surface area (Å²) in [5, 5.41) is 2.95. The van der Waals surface area contributed by atoms with Crippen molar-refractivity contribution in [3.63, 3.8) is 0 Å². The van der Waals surface area contributed by atoms with Crippen LogP contribution in [0.25, 0.3) is 0 Å². The average Bonchev–Trinajstić information content (AvgIpc) is 2.16. The predicted molar refractivity (Wildman–Crippen MR) is 67.2 cm³/mol. The van der Waals surface area contributed by atoms with Gasteiger partial charge in [0, 0.05) is 13.0 Å². The zero-order chi connectivity index (χ0) is 12.0. The number of carbonyl (C=O) groups is 1. The number of rotatable bonds is 4. The van der Waals surface area contributed by atoms with Crippen LogP contribution in [0.3, 0.4) is 0 Å². The van der Waals surface area contributed by atoms with Crippen molar-refractivity contribution < 1.29 is 4.79 Å². The summed E-state index contributed by atoms with van der Waals surface area (Å²) in [6.45, 7) is 6.94. The van der Waals surface area contributed by atoms with Gasteiger partial charge in [-0.25, -0.2) is 0 Å². The Kier molecular flexibility index (Phi) is 4.53. The lowest BCUT2D eigenvalue weighted by Gasteiger charge is -2.17. The Bertz CT molecular complexity index is 324. The van der Waals surface area contributed by atoms with Crippen molar-refractivity contribution in [3.8, 4) is 0 Å². The first kappa shape index (κ1) is 12.8. The zero-order valence-electron chi connectivity index (χ0n) is 10.4. The third-order valence-corrected chi connectivity index (χ3v) is 2.27. The fourth-order valence-electron chi connectivity index (χ4n) is 1.54. The van der Waals surface area contributed by atoms with Gasteiger partial charge in [0.15, 0.2) is 0 Å². The second-order valence-corrected chi connectivity index (χ2v) is 5.32. The van der Waals surface area contributed by atoms with Gasteiger partial charge in [-0.05, 0) is 17.4 Å². The SMILES string of the molecule is CC(C)(C)CC(=O)NCCc1ccccc1. The first-order valence-electron chi connectivity index (χ1n) is 5.78. The van der Waals surface area contributed by atoms with E-state index in [2.05, 4.69) is 38.2 Å². The number of benzene rings is 1. The zero-order valence-corrected chi connectivity index (χ0v) is 10.4. The standard InChI is InChI=1S/C14H21NO/c1-14(2,3)11-13(16)15-10-9-12-7-5-4-6-8-12/h4-8H,9-11H2,1-3H3,(H,15,16). The van der Waals surface area contributed by atoms with Crippen molar-refractivity contribution in [3.05, 3.63) is 35.9 Å². The van der Waals surface area contributed by atoms with Crippen molar-refractivity contribution in [1.82, 2.24) is 5.32 Å². The summed E-state index contributed by atoms with van der Waals surface area (Å²) in [4.78, 5) is 11.5. The minimum absolute atomic E-state index is 0.0663. The van der Waals surface area contributed by atoms with Crippen LogP contribution in [0.15, 0.2) is 30.3 Å². The van der Waals surface area contributed by atoms with Gasteiger partial charge in [0.1, 0.15) is 0 Å². The first-order valence-corrected chi connectivity index (χ1v) is 5.78. The van der Waals surface area contributed by atoms with Crippen molar-refractivity contribution in [2.24, 2.45) is 5.41 Å². The minimum Gasteiger partial charge on any atom is -0.356 e. The maximum atomic E-state index is 11.5. The van der Waals surface area contributed by atoms with E-state index in [-0.39, 0.29) is 11.3 Å². The van der Waals surface area contributed by atoms with Crippen LogP contribution in [-0.4, -0.2) is 12.5 Å². The summed E-state index contributed by atoms with van der Waals surface area (Å²) >= 11 is 0. The monoisotopic (exact) mass is 219 g/mol. The maximum absolute atomic E-state index is 11.5. The Morgan fingerprint density at radius 2 is 1.81 bits per heavy atom. The molecule has 2 heteroatoms. The van der Waals surface area contributed by atoms with Crippen LogP contribution in [0.4, 0.5) is 0 Å². The Balaban J connectivity index is 2.24. The summed E-state index contributed by atoms with van der Waals surface area (Å²) < 4.78 is 0. The van der Waals surface area contributed by atoms with Gasteiger partial charge in [0.05, 0.1) is 0 Å². The molecule has 0 saturated heterocycles. The highest BCUT2D eigenvalue weighted by Gasteiger charge is 2.15. The van der Waals surface area contributed by atoms with Gasteiger partial charge in [-0.2, -0.15) is 0 Å². The molecule has 0 bridgehead atoms. The molecule has 0 unspecified atom stereocenters. The van der Waals surface area contributed by atoms with Gasteiger partial charge in [-0.3, -0.25) is 4.79 Å². The number of hydrogen-bond acceptors (Lipinski definition) is 1. The fraction of sp³-hybridized carbons (Fsp3) is 0.500. The highest BCUT2D eigenvalue weighted by atomic mass is 16.1. The van der Waals surface area contributed by atoms with Gasteiger partial charge in [0.25, 0.3) is 0 Å². The molecule has 1 N–H and O–H groups in total. The second kappa shape index (κ2) is 5.69. The van der Waals surface area contributed by atoms with E-state index in [1.807, 2.05) is 18.2 Å². The van der Waals surface area contributed by atoms with Crippen LogP contribution >= 0.6 is 0 Å². The number of amides is 1. The van der Waals surface area contributed by atoms with Crippen molar-refractivity contribution >= 4 is 5.91 Å². The highest BCUT2D eigenvalue weighted by Crippen LogP contribution is 2.17. The quantitative estimate of drug-likeness (QED) is 0.829. The topological polar surface area (TPSA) is 29.1 Å². The van der Waals surface area contributed by atoms with E-state index in [1.165, 1.54) is 5.56 Å². The molecule has 0 atom stereocenters. The lowest BCUT2D eigenvalue weighted by atomic mass is 9.92. The molecular weight excluding hydrogens is 198 g/mol. The van der Waals surface area contributed by atoms with Crippen LogP contribution < -0.4 is 5.32 Å². The molecular formula is C14H21NO. The van der Waals surface area contributed by atoms with E-state index in [4.69, 9.17) is 0 Å². The molecule has 1 rings (SSSR count). The van der Waals surface area contributed by atoms with Crippen molar-refractivity contribution in [2.75, 3.05) is 6.54 Å². The molecule has 16 heavy (non-hydrogen) atoms. The molecule has 0 saturated carbocycles. The van der Waals surface area contributed by atoms with Crippen LogP contribution in [0.2, 0.25) is 0 Å². The Morgan fingerprint density at radius 3 is 2.38 bits per heavy atom. The molecule has 0 fully saturated rings. The second-order valence-electron chi connectivity index (χ2n) is 5.32. The summed E-state index contributed by atoms with van der Waals surface area (Å²) in [5.41, 5.74) is 1.33. The van der Waals surface area contributed by atoms with E-state index in [1.54, 1.807) is 0 Å². The van der Waals surface area contributed by atoms with Crippen LogP contribution in [0.5, 0.6) is 0 Å². The van der Waals surface area contributed by atoms with E-state index in [0.29, 0.717) is 6.42 Å². The smallest absolute Gasteiger partial charge is 0.220 e. The first-order chi connectivity index (χ1) is 7.47. The molecule has 0 aliphatic heterocycles. The largest absolute Gasteiger partial charge is 0.356 e. The fourth-order valence-corrected chi connectivity index (χ4v) is 1.54. The molecule has 0 aliphatic rings. The summed E-state index contributed by atoms with van der Waals surface area (Å²) in [7, 11) is 0. The summed E-state index contributed by atoms with van der Waals surface area (Å²) in [5.74, 6) is 0.142. The number of carbonyl (C=O) groups excluding carboxylic acids is 1. The molecule has 0 spiro atoms. The average molecular weight is 219 g/mol. The lowest BCUT2D eigenvalue weighted by Crippen LogP contribution is -2.29. The van der Waals surface area contributed by atoms with Gasteiger partial charge in [0.2, 0.25) is 5.91 Å². The molecule has 0 heterocycles. The Morgan fingerprint density at radius 1 is 1.19 bits per heavy atom. The van der Waals surface area contributed by atoms with E-state index < -0.39 is 0 Å². The molecule has 1 aromatic carbocycles. The van der Waals surface area contributed by atoms with Gasteiger partial charge < -0.3 is 5.32 Å². The summed E-state index contributed by atoms with van der Waals surface area (Å²) in [6, 6.07) is 10.2. The van der Waals surface area contributed by atoms with Gasteiger partial charge in [-0.1, -0.05) is 51.1 Å². The molecule has 88 valence electrons. The minimum atomic E-state index is 0.0663. The lowest BCUT2D eigenvalue weighted by molar-refractivity contribution is -0.122. The van der Waals surface area contributed by atoms with E-state index in [0.717, 1.165) is 13.0 Å². The Hall–Kier alpha value is -1.31. The molecule has 0 radical (unpaired) electrons. The molecule has 0 aliphatic carbocycles. The van der Waals surface area contributed by atoms with Crippen molar-refractivity contribution in [2.45, 2.75) is 33.6 Å². The van der Waals surface area contributed by atoms with E-state index >= 15 is 0 Å². The van der Waals surface area contributed by atoms with Crippen LogP contribution in [-0.2, 0) is 11.2 Å². The molecule has 0 aromatic heterocycles. The van der Waals surface area contributed by atoms with Crippen LogP contribution in [0, 0.1) is 5.41 Å². The van der Waals surface area contributed by atoms with Crippen LogP contribution in [0.1, 0.15) is 32.8 Å². The normalized spacial score (nSPS) is 11.2. The van der Waals surface area contributed by atoms with Gasteiger partial charge in [-0.15, -0.1) is 0 Å². The summed E-state index contributed by atoms with van der Waals surface area (Å²) in [6.07, 6.45) is 1.48. The van der Waals surface area contributed by atoms with Crippen molar-refractivity contribution in [1.29, 1.82) is 0 Å². The van der Waals surface area contributed by atoms with Gasteiger partial charge >= 0.3 is 0 Å². The Labute approximate surface area is 98.1 Å². The number of nitrogens with one attached hydrogen (secondary N) is 1. The molecule has 1 aromatic rings. The molecule has 2 nitrogen and oxygen atoms in total. The number of hydrogen-bond donors (Lipinski definition) is 1. The predicted octanol–water partition coefficient (Wildman–Crippen LogP) is 2.78. The molecule has 1 amide bonds.